The SMILES string of the molecule is CNCC1CCN(S(=O)(=O)c2cc(F)c(C)c([N+](=O)[O-])c2)C1.Cl. The van der Waals surface area contributed by atoms with Gasteiger partial charge < -0.3 is 5.32 Å². The molecule has 130 valence electrons. The maximum atomic E-state index is 13.8. The Morgan fingerprint density at radius 2 is 2.13 bits per heavy atom. The zero-order chi connectivity index (χ0) is 16.5. The maximum Gasteiger partial charge on any atom is 0.276 e. The Labute approximate surface area is 140 Å². The molecule has 10 heteroatoms. The van der Waals surface area contributed by atoms with Crippen molar-refractivity contribution in [3.05, 3.63) is 33.6 Å². The van der Waals surface area contributed by atoms with Gasteiger partial charge in [-0.2, -0.15) is 4.31 Å². The predicted molar refractivity (Wildman–Crippen MR) is 85.8 cm³/mol. The second kappa shape index (κ2) is 7.52. The van der Waals surface area contributed by atoms with E-state index in [1.807, 2.05) is 0 Å². The monoisotopic (exact) mass is 367 g/mol. The summed E-state index contributed by atoms with van der Waals surface area (Å²) >= 11 is 0. The van der Waals surface area contributed by atoms with E-state index in [1.54, 1.807) is 7.05 Å². The molecule has 0 radical (unpaired) electrons. The Morgan fingerprint density at radius 1 is 1.48 bits per heavy atom. The number of nitro benzene ring substituents is 1. The van der Waals surface area contributed by atoms with Gasteiger partial charge in [-0.1, -0.05) is 0 Å². The summed E-state index contributed by atoms with van der Waals surface area (Å²) in [6, 6.07) is 1.78. The van der Waals surface area contributed by atoms with Crippen LogP contribution in [0.4, 0.5) is 10.1 Å². The predicted octanol–water partition coefficient (Wildman–Crippen LogP) is 1.69. The molecule has 0 aliphatic carbocycles. The van der Waals surface area contributed by atoms with E-state index in [4.69, 9.17) is 0 Å². The first-order chi connectivity index (χ1) is 10.3. The number of nitro groups is 1. The maximum absolute atomic E-state index is 13.8. The molecular weight excluding hydrogens is 349 g/mol. The van der Waals surface area contributed by atoms with Crippen LogP contribution in [-0.2, 0) is 10.0 Å². The Balaban J connectivity index is 0.00000264. The number of halogens is 2. The molecule has 1 aromatic carbocycles. The van der Waals surface area contributed by atoms with E-state index in [0.29, 0.717) is 26.1 Å². The van der Waals surface area contributed by atoms with Gasteiger partial charge in [-0.15, -0.1) is 12.4 Å². The van der Waals surface area contributed by atoms with Gasteiger partial charge in [-0.3, -0.25) is 10.1 Å². The van der Waals surface area contributed by atoms with Crippen molar-refractivity contribution in [3.8, 4) is 0 Å². The van der Waals surface area contributed by atoms with Gasteiger partial charge in [0, 0.05) is 19.2 Å². The van der Waals surface area contributed by atoms with E-state index < -0.39 is 26.5 Å². The molecule has 7 nitrogen and oxygen atoms in total. The van der Waals surface area contributed by atoms with Crippen LogP contribution in [0.15, 0.2) is 17.0 Å². The highest BCUT2D eigenvalue weighted by molar-refractivity contribution is 7.89. The molecule has 1 saturated heterocycles. The summed E-state index contributed by atoms with van der Waals surface area (Å²) in [4.78, 5) is 9.79. The second-order valence-corrected chi connectivity index (χ2v) is 7.32. The van der Waals surface area contributed by atoms with Crippen molar-refractivity contribution in [1.29, 1.82) is 0 Å². The van der Waals surface area contributed by atoms with Crippen molar-refractivity contribution in [2.75, 3.05) is 26.7 Å². The highest BCUT2D eigenvalue weighted by Gasteiger charge is 2.34. The smallest absolute Gasteiger partial charge is 0.276 e. The van der Waals surface area contributed by atoms with Crippen molar-refractivity contribution in [1.82, 2.24) is 9.62 Å². The summed E-state index contributed by atoms with van der Waals surface area (Å²) in [5.74, 6) is -0.705. The number of nitrogens with one attached hydrogen (secondary N) is 1. The summed E-state index contributed by atoms with van der Waals surface area (Å²) in [6.45, 7) is 2.60. The largest absolute Gasteiger partial charge is 0.319 e. The number of benzene rings is 1. The second-order valence-electron chi connectivity index (χ2n) is 5.38. The molecule has 1 fully saturated rings. The third-order valence-electron chi connectivity index (χ3n) is 3.87. The Kier molecular flexibility index (Phi) is 6.46. The Morgan fingerprint density at radius 3 is 2.70 bits per heavy atom. The van der Waals surface area contributed by atoms with Crippen molar-refractivity contribution < 1.29 is 17.7 Å². The van der Waals surface area contributed by atoms with Crippen molar-refractivity contribution in [2.24, 2.45) is 5.92 Å². The molecule has 1 atom stereocenters. The van der Waals surface area contributed by atoms with Gasteiger partial charge in [0.2, 0.25) is 10.0 Å². The first kappa shape index (κ1) is 19.8. The lowest BCUT2D eigenvalue weighted by Crippen LogP contribution is -2.30. The Hall–Kier alpha value is -1.29. The fraction of sp³-hybridized carbons (Fsp3) is 0.538. The molecule has 1 aliphatic heterocycles. The fourth-order valence-corrected chi connectivity index (χ4v) is 4.16. The zero-order valence-electron chi connectivity index (χ0n) is 12.8. The first-order valence-electron chi connectivity index (χ1n) is 6.86. The average molecular weight is 368 g/mol. The van der Waals surface area contributed by atoms with Crippen LogP contribution < -0.4 is 5.32 Å². The number of hydrogen-bond acceptors (Lipinski definition) is 5. The number of rotatable bonds is 5. The van der Waals surface area contributed by atoms with Crippen molar-refractivity contribution >= 4 is 28.1 Å². The minimum absolute atomic E-state index is 0. The van der Waals surface area contributed by atoms with E-state index >= 15 is 0 Å². The molecule has 0 aromatic heterocycles. The molecule has 0 bridgehead atoms. The van der Waals surface area contributed by atoms with Gasteiger partial charge in [0.1, 0.15) is 5.82 Å². The van der Waals surface area contributed by atoms with Crippen LogP contribution in [-0.4, -0.2) is 44.3 Å². The summed E-state index contributed by atoms with van der Waals surface area (Å²) < 4.78 is 40.1. The van der Waals surface area contributed by atoms with Gasteiger partial charge in [0.25, 0.3) is 5.69 Å². The molecule has 1 heterocycles. The van der Waals surface area contributed by atoms with Crippen molar-refractivity contribution in [2.45, 2.75) is 18.2 Å². The molecule has 2 rings (SSSR count). The summed E-state index contributed by atoms with van der Waals surface area (Å²) in [6.07, 6.45) is 0.705. The molecular formula is C13H19ClFN3O4S. The molecule has 23 heavy (non-hydrogen) atoms. The molecule has 1 N–H and O–H groups in total. The average Bonchev–Trinajstić information content (AvgIpc) is 2.91. The lowest BCUT2D eigenvalue weighted by atomic mass is 10.1. The van der Waals surface area contributed by atoms with E-state index in [2.05, 4.69) is 5.32 Å². The highest BCUT2D eigenvalue weighted by atomic mass is 35.5. The van der Waals surface area contributed by atoms with Crippen LogP contribution in [0.25, 0.3) is 0 Å². The molecule has 0 saturated carbocycles. The number of sulfonamides is 1. The van der Waals surface area contributed by atoms with E-state index in [1.165, 1.54) is 11.2 Å². The van der Waals surface area contributed by atoms with Gasteiger partial charge in [0.15, 0.2) is 0 Å². The third kappa shape index (κ3) is 3.97. The number of nitrogens with zero attached hydrogens (tertiary/aromatic N) is 2. The van der Waals surface area contributed by atoms with Gasteiger partial charge >= 0.3 is 0 Å². The molecule has 1 aromatic rings. The third-order valence-corrected chi connectivity index (χ3v) is 5.71. The highest BCUT2D eigenvalue weighted by Crippen LogP contribution is 2.29. The molecule has 1 aliphatic rings. The molecule has 1 unspecified atom stereocenters. The molecule has 0 spiro atoms. The van der Waals surface area contributed by atoms with E-state index in [9.17, 15) is 22.9 Å². The van der Waals surface area contributed by atoms with Gasteiger partial charge in [0.05, 0.1) is 15.4 Å². The van der Waals surface area contributed by atoms with Crippen LogP contribution >= 0.6 is 12.4 Å². The molecule has 0 amide bonds. The lowest BCUT2D eigenvalue weighted by molar-refractivity contribution is -0.385. The topological polar surface area (TPSA) is 92.6 Å². The minimum Gasteiger partial charge on any atom is -0.319 e. The summed E-state index contributed by atoms with van der Waals surface area (Å²) in [7, 11) is -2.14. The van der Waals surface area contributed by atoms with E-state index in [-0.39, 0.29) is 28.8 Å². The van der Waals surface area contributed by atoms with Crippen LogP contribution in [0.1, 0.15) is 12.0 Å². The van der Waals surface area contributed by atoms with Crippen LogP contribution in [0.2, 0.25) is 0 Å². The standard InChI is InChI=1S/C13H18FN3O4S.ClH/c1-9-12(14)5-11(6-13(9)17(18)19)22(20,21)16-4-3-10(8-16)7-15-2;/h5-6,10,15H,3-4,7-8H2,1-2H3;1H. The van der Waals surface area contributed by atoms with E-state index in [0.717, 1.165) is 12.1 Å². The van der Waals surface area contributed by atoms with Gasteiger partial charge in [-0.25, -0.2) is 12.8 Å². The summed E-state index contributed by atoms with van der Waals surface area (Å²) in [5, 5.41) is 13.9. The normalized spacial score (nSPS) is 18.7. The fourth-order valence-electron chi connectivity index (χ4n) is 2.60. The lowest BCUT2D eigenvalue weighted by Gasteiger charge is -2.17. The Bertz CT molecular complexity index is 699. The van der Waals surface area contributed by atoms with Crippen LogP contribution in [0, 0.1) is 28.8 Å². The minimum atomic E-state index is -3.92. The zero-order valence-corrected chi connectivity index (χ0v) is 14.4. The van der Waals surface area contributed by atoms with Crippen molar-refractivity contribution in [3.63, 3.8) is 0 Å². The quantitative estimate of drug-likeness (QED) is 0.631. The number of hydrogen-bond donors (Lipinski definition) is 1. The summed E-state index contributed by atoms with van der Waals surface area (Å²) in [5.41, 5.74) is -0.692. The first-order valence-corrected chi connectivity index (χ1v) is 8.30. The van der Waals surface area contributed by atoms with Crippen LogP contribution in [0.3, 0.4) is 0 Å². The van der Waals surface area contributed by atoms with Gasteiger partial charge in [-0.05, 0) is 38.9 Å². The van der Waals surface area contributed by atoms with Crippen LogP contribution in [0.5, 0.6) is 0 Å².